The number of carbonyl (C=O) groups is 3. The molecule has 1 aliphatic rings. The van der Waals surface area contributed by atoms with Gasteiger partial charge in [0.05, 0.1) is 18.7 Å². The Kier molecular flexibility index (Phi) is 5.59. The van der Waals surface area contributed by atoms with E-state index in [1.165, 1.54) is 0 Å². The zero-order chi connectivity index (χ0) is 19.4. The molecule has 0 spiro atoms. The molecule has 3 rings (SSSR count). The molecule has 0 fully saturated rings. The maximum absolute atomic E-state index is 12.5. The van der Waals surface area contributed by atoms with E-state index in [9.17, 15) is 14.4 Å². The summed E-state index contributed by atoms with van der Waals surface area (Å²) < 4.78 is 5.31. The first-order valence-corrected chi connectivity index (χ1v) is 8.96. The van der Waals surface area contributed by atoms with Crippen LogP contribution in [0.2, 0.25) is 0 Å². The van der Waals surface area contributed by atoms with Gasteiger partial charge in [-0.25, -0.2) is 0 Å². The third kappa shape index (κ3) is 4.36. The van der Waals surface area contributed by atoms with Crippen LogP contribution in [0.5, 0.6) is 0 Å². The number of nitrogens with zero attached hydrogens (tertiary/aromatic N) is 1. The first-order valence-electron chi connectivity index (χ1n) is 8.96. The Balaban J connectivity index is 1.49. The Morgan fingerprint density at radius 2 is 1.89 bits per heavy atom. The number of rotatable bonds is 5. The summed E-state index contributed by atoms with van der Waals surface area (Å²) in [7, 11) is 0. The Labute approximate surface area is 157 Å². The van der Waals surface area contributed by atoms with Crippen LogP contribution >= 0.6 is 0 Å². The lowest BCUT2D eigenvalue weighted by atomic mass is 10.0. The Morgan fingerprint density at radius 1 is 1.11 bits per heavy atom. The molecule has 0 saturated carbocycles. The largest absolute Gasteiger partial charge is 0.466 e. The van der Waals surface area contributed by atoms with Gasteiger partial charge >= 0.3 is 0 Å². The number of carbonyl (C=O) groups excluding carboxylic acids is 3. The van der Waals surface area contributed by atoms with Crippen molar-refractivity contribution in [2.24, 2.45) is 0 Å². The van der Waals surface area contributed by atoms with Gasteiger partial charge in [-0.1, -0.05) is 18.2 Å². The molecule has 1 aromatic carbocycles. The van der Waals surface area contributed by atoms with Crippen molar-refractivity contribution >= 4 is 23.4 Å². The van der Waals surface area contributed by atoms with E-state index in [1.807, 2.05) is 24.3 Å². The average molecular weight is 369 g/mol. The fourth-order valence-corrected chi connectivity index (χ4v) is 3.24. The topological polar surface area (TPSA) is 91.7 Å². The van der Waals surface area contributed by atoms with E-state index in [0.717, 1.165) is 24.1 Å². The number of amides is 3. The Bertz CT molecular complexity index is 872. The monoisotopic (exact) mass is 369 g/mol. The number of furan rings is 1. The quantitative estimate of drug-likeness (QED) is 0.840. The molecular formula is C20H23N3O4. The van der Waals surface area contributed by atoms with Crippen molar-refractivity contribution in [3.63, 3.8) is 0 Å². The van der Waals surface area contributed by atoms with Gasteiger partial charge in [0, 0.05) is 12.2 Å². The van der Waals surface area contributed by atoms with E-state index in [4.69, 9.17) is 4.42 Å². The highest BCUT2D eigenvalue weighted by atomic mass is 16.3. The number of fused-ring (bicyclic) bond motifs is 1. The van der Waals surface area contributed by atoms with Crippen LogP contribution in [-0.4, -0.2) is 37.4 Å². The SMILES string of the molecule is Cc1cc(C(=O)NCC(=O)NCC(=O)N2CCCc3ccccc32)c(C)o1. The molecule has 2 heterocycles. The fourth-order valence-electron chi connectivity index (χ4n) is 3.24. The molecular weight excluding hydrogens is 346 g/mol. The predicted molar refractivity (Wildman–Crippen MR) is 101 cm³/mol. The summed E-state index contributed by atoms with van der Waals surface area (Å²) in [5, 5.41) is 5.10. The standard InChI is InChI=1S/C20H23N3O4/c1-13-10-16(14(2)27-13)20(26)22-11-18(24)21-12-19(25)23-9-5-7-15-6-3-4-8-17(15)23/h3-4,6,8,10H,5,7,9,11-12H2,1-2H3,(H,21,24)(H,22,26). The number of hydrogen-bond donors (Lipinski definition) is 2. The molecule has 0 bridgehead atoms. The highest BCUT2D eigenvalue weighted by molar-refractivity contribution is 5.99. The molecule has 0 aliphatic carbocycles. The van der Waals surface area contributed by atoms with Crippen LogP contribution in [0.25, 0.3) is 0 Å². The van der Waals surface area contributed by atoms with Crippen molar-refractivity contribution < 1.29 is 18.8 Å². The number of para-hydroxylation sites is 1. The molecule has 7 nitrogen and oxygen atoms in total. The lowest BCUT2D eigenvalue weighted by molar-refractivity contribution is -0.124. The van der Waals surface area contributed by atoms with Crippen molar-refractivity contribution in [2.75, 3.05) is 24.5 Å². The highest BCUT2D eigenvalue weighted by Crippen LogP contribution is 2.26. The molecule has 0 atom stereocenters. The van der Waals surface area contributed by atoms with Crippen molar-refractivity contribution in [2.45, 2.75) is 26.7 Å². The van der Waals surface area contributed by atoms with E-state index in [2.05, 4.69) is 10.6 Å². The van der Waals surface area contributed by atoms with E-state index >= 15 is 0 Å². The van der Waals surface area contributed by atoms with E-state index in [1.54, 1.807) is 24.8 Å². The van der Waals surface area contributed by atoms with Gasteiger partial charge < -0.3 is 20.0 Å². The molecule has 2 aromatic rings. The number of aryl methyl sites for hydroxylation is 3. The lowest BCUT2D eigenvalue weighted by Gasteiger charge is -2.29. The van der Waals surface area contributed by atoms with Crippen LogP contribution in [0, 0.1) is 13.8 Å². The van der Waals surface area contributed by atoms with Crippen molar-refractivity contribution in [1.29, 1.82) is 0 Å². The second kappa shape index (κ2) is 8.07. The summed E-state index contributed by atoms with van der Waals surface area (Å²) >= 11 is 0. The van der Waals surface area contributed by atoms with Crippen LogP contribution in [0.15, 0.2) is 34.7 Å². The van der Waals surface area contributed by atoms with Crippen LogP contribution in [0.1, 0.15) is 33.9 Å². The van der Waals surface area contributed by atoms with Gasteiger partial charge in [-0.2, -0.15) is 0 Å². The number of anilines is 1. The molecule has 1 aromatic heterocycles. The maximum atomic E-state index is 12.5. The van der Waals surface area contributed by atoms with E-state index in [0.29, 0.717) is 23.6 Å². The number of nitrogens with one attached hydrogen (secondary N) is 2. The van der Waals surface area contributed by atoms with Crippen LogP contribution in [-0.2, 0) is 16.0 Å². The molecule has 2 N–H and O–H groups in total. The molecule has 27 heavy (non-hydrogen) atoms. The molecule has 1 aliphatic heterocycles. The van der Waals surface area contributed by atoms with Gasteiger partial charge in [-0.05, 0) is 44.4 Å². The van der Waals surface area contributed by atoms with E-state index < -0.39 is 5.91 Å². The summed E-state index contributed by atoms with van der Waals surface area (Å²) in [5.74, 6) is 0.178. The van der Waals surface area contributed by atoms with Crippen LogP contribution < -0.4 is 15.5 Å². The molecule has 7 heteroatoms. The highest BCUT2D eigenvalue weighted by Gasteiger charge is 2.22. The van der Waals surface area contributed by atoms with Crippen molar-refractivity contribution in [3.8, 4) is 0 Å². The van der Waals surface area contributed by atoms with Gasteiger partial charge in [-0.15, -0.1) is 0 Å². The maximum Gasteiger partial charge on any atom is 0.255 e. The average Bonchev–Trinajstić information content (AvgIpc) is 3.01. The summed E-state index contributed by atoms with van der Waals surface area (Å²) in [6.07, 6.45) is 1.85. The third-order valence-electron chi connectivity index (χ3n) is 4.54. The van der Waals surface area contributed by atoms with Gasteiger partial charge in [0.15, 0.2) is 0 Å². The van der Waals surface area contributed by atoms with Crippen molar-refractivity contribution in [3.05, 3.63) is 53.0 Å². The predicted octanol–water partition coefficient (Wildman–Crippen LogP) is 1.72. The third-order valence-corrected chi connectivity index (χ3v) is 4.54. The number of benzene rings is 1. The second-order valence-electron chi connectivity index (χ2n) is 6.56. The normalized spacial score (nSPS) is 13.0. The fraction of sp³-hybridized carbons (Fsp3) is 0.350. The van der Waals surface area contributed by atoms with Gasteiger partial charge in [0.1, 0.15) is 11.5 Å². The Morgan fingerprint density at radius 3 is 2.63 bits per heavy atom. The molecule has 0 radical (unpaired) electrons. The minimum Gasteiger partial charge on any atom is -0.466 e. The minimum absolute atomic E-state index is 0.104. The smallest absolute Gasteiger partial charge is 0.255 e. The van der Waals surface area contributed by atoms with Gasteiger partial charge in [0.2, 0.25) is 11.8 Å². The van der Waals surface area contributed by atoms with Gasteiger partial charge in [-0.3, -0.25) is 14.4 Å². The zero-order valence-corrected chi connectivity index (χ0v) is 15.5. The summed E-state index contributed by atoms with van der Waals surface area (Å²) in [5.41, 5.74) is 2.45. The Hall–Kier alpha value is -3.09. The number of hydrogen-bond acceptors (Lipinski definition) is 4. The van der Waals surface area contributed by atoms with E-state index in [-0.39, 0.29) is 24.9 Å². The zero-order valence-electron chi connectivity index (χ0n) is 15.5. The van der Waals surface area contributed by atoms with Crippen molar-refractivity contribution in [1.82, 2.24) is 10.6 Å². The molecule has 3 amide bonds. The van der Waals surface area contributed by atoms with Gasteiger partial charge in [0.25, 0.3) is 5.91 Å². The summed E-state index contributed by atoms with van der Waals surface area (Å²) in [6.45, 7) is 3.78. The molecule has 0 saturated heterocycles. The minimum atomic E-state index is -0.417. The summed E-state index contributed by atoms with van der Waals surface area (Å²) in [6, 6.07) is 9.42. The molecule has 142 valence electrons. The first-order chi connectivity index (χ1) is 13.0. The van der Waals surface area contributed by atoms with Crippen LogP contribution in [0.3, 0.4) is 0 Å². The summed E-state index contributed by atoms with van der Waals surface area (Å²) in [4.78, 5) is 38.2. The second-order valence-corrected chi connectivity index (χ2v) is 6.56. The van der Waals surface area contributed by atoms with Crippen LogP contribution in [0.4, 0.5) is 5.69 Å². The molecule has 0 unspecified atom stereocenters. The first kappa shape index (κ1) is 18.7. The lowest BCUT2D eigenvalue weighted by Crippen LogP contribution is -2.45.